The topological polar surface area (TPSA) is 79.1 Å². The number of hydrogen-bond acceptors (Lipinski definition) is 6. The van der Waals surface area contributed by atoms with Crippen LogP contribution in [0.4, 0.5) is 0 Å². The molecule has 1 aromatic carbocycles. The van der Waals surface area contributed by atoms with E-state index in [1.54, 1.807) is 26.5 Å². The number of fused-ring (bicyclic) bond motifs is 1. The second-order valence-electron chi connectivity index (χ2n) is 6.80. The number of hydrogen-bond donors (Lipinski definition) is 0. The number of imidazole rings is 1. The van der Waals surface area contributed by atoms with Crippen molar-refractivity contribution in [1.82, 2.24) is 19.5 Å². The monoisotopic (exact) mass is 422 g/mol. The van der Waals surface area contributed by atoms with Gasteiger partial charge in [0, 0.05) is 29.1 Å². The molecule has 0 radical (unpaired) electrons. The number of para-hydroxylation sites is 1. The highest BCUT2D eigenvalue weighted by Crippen LogP contribution is 2.28. The molecule has 4 rings (SSSR count). The Morgan fingerprint density at radius 2 is 1.77 bits per heavy atom. The van der Waals surface area contributed by atoms with E-state index in [1.165, 1.54) is 0 Å². The summed E-state index contributed by atoms with van der Waals surface area (Å²) in [4.78, 5) is 13.7. The standard InChI is InChI=1S/C22H22N4O3S/c1-14-12-23-18(15(2)20(14)29-4)13-30(27)22-24-17-10-11-19(28-3)25-21(17)26(22)16-8-6-5-7-9-16/h5-12H,13H2,1-4H3. The lowest BCUT2D eigenvalue weighted by atomic mass is 10.1. The average molecular weight is 423 g/mol. The molecule has 1 unspecified atom stereocenters. The van der Waals surface area contributed by atoms with Crippen molar-refractivity contribution in [1.29, 1.82) is 0 Å². The summed E-state index contributed by atoms with van der Waals surface area (Å²) in [5.74, 6) is 1.45. The van der Waals surface area contributed by atoms with Gasteiger partial charge in [-0.1, -0.05) is 18.2 Å². The molecule has 0 N–H and O–H groups in total. The molecule has 0 bridgehead atoms. The van der Waals surface area contributed by atoms with Crippen molar-refractivity contribution in [2.24, 2.45) is 0 Å². The Labute approximate surface area is 177 Å². The van der Waals surface area contributed by atoms with Crippen LogP contribution >= 0.6 is 0 Å². The van der Waals surface area contributed by atoms with Crippen molar-refractivity contribution in [3.05, 3.63) is 65.5 Å². The van der Waals surface area contributed by atoms with Gasteiger partial charge in [-0.05, 0) is 32.0 Å². The fourth-order valence-corrected chi connectivity index (χ4v) is 4.66. The van der Waals surface area contributed by atoms with E-state index in [0.29, 0.717) is 27.9 Å². The quantitative estimate of drug-likeness (QED) is 0.471. The summed E-state index contributed by atoms with van der Waals surface area (Å²) in [6, 6.07) is 13.2. The molecule has 7 nitrogen and oxygen atoms in total. The van der Waals surface area contributed by atoms with Crippen LogP contribution in [0.5, 0.6) is 11.6 Å². The highest BCUT2D eigenvalue weighted by atomic mass is 32.2. The molecule has 8 heteroatoms. The average Bonchev–Trinajstić information content (AvgIpc) is 3.15. The van der Waals surface area contributed by atoms with Gasteiger partial charge in [-0.2, -0.15) is 4.98 Å². The molecule has 3 heterocycles. The minimum Gasteiger partial charge on any atom is -0.496 e. The number of rotatable bonds is 6. The Balaban J connectivity index is 1.83. The Bertz CT molecular complexity index is 1240. The molecule has 0 saturated heterocycles. The van der Waals surface area contributed by atoms with Crippen LogP contribution < -0.4 is 9.47 Å². The first-order chi connectivity index (χ1) is 14.5. The summed E-state index contributed by atoms with van der Waals surface area (Å²) in [7, 11) is 1.73. The summed E-state index contributed by atoms with van der Waals surface area (Å²) in [6.07, 6.45) is 1.74. The van der Waals surface area contributed by atoms with Crippen LogP contribution in [0.1, 0.15) is 16.8 Å². The van der Waals surface area contributed by atoms with Gasteiger partial charge < -0.3 is 9.47 Å². The fourth-order valence-electron chi connectivity index (χ4n) is 3.40. The van der Waals surface area contributed by atoms with Gasteiger partial charge in [0.2, 0.25) is 11.0 Å². The van der Waals surface area contributed by atoms with E-state index >= 15 is 0 Å². The highest BCUT2D eigenvalue weighted by molar-refractivity contribution is 7.84. The summed E-state index contributed by atoms with van der Waals surface area (Å²) < 4.78 is 26.0. The van der Waals surface area contributed by atoms with Gasteiger partial charge in [-0.25, -0.2) is 4.98 Å². The van der Waals surface area contributed by atoms with Gasteiger partial charge in [-0.3, -0.25) is 13.8 Å². The third-order valence-electron chi connectivity index (χ3n) is 4.89. The molecule has 4 aromatic rings. The normalized spacial score (nSPS) is 12.1. The summed E-state index contributed by atoms with van der Waals surface area (Å²) in [5.41, 5.74) is 4.61. The summed E-state index contributed by atoms with van der Waals surface area (Å²) in [5, 5.41) is 0.415. The molecule has 0 saturated carbocycles. The molecule has 0 aliphatic carbocycles. The smallest absolute Gasteiger partial charge is 0.215 e. The molecule has 0 fully saturated rings. The number of aryl methyl sites for hydroxylation is 1. The zero-order valence-electron chi connectivity index (χ0n) is 17.2. The molecule has 154 valence electrons. The number of ether oxygens (including phenoxy) is 2. The zero-order valence-corrected chi connectivity index (χ0v) is 18.1. The van der Waals surface area contributed by atoms with E-state index in [0.717, 1.165) is 22.6 Å². The van der Waals surface area contributed by atoms with Crippen LogP contribution in [0.3, 0.4) is 0 Å². The lowest BCUT2D eigenvalue weighted by molar-refractivity contribution is 0.399. The minimum absolute atomic E-state index is 0.218. The molecular formula is C22H22N4O3S. The largest absolute Gasteiger partial charge is 0.496 e. The number of pyridine rings is 2. The summed E-state index contributed by atoms with van der Waals surface area (Å²) >= 11 is 0. The number of benzene rings is 1. The van der Waals surface area contributed by atoms with Gasteiger partial charge in [0.25, 0.3) is 0 Å². The zero-order chi connectivity index (χ0) is 21.3. The highest BCUT2D eigenvalue weighted by Gasteiger charge is 2.21. The lowest BCUT2D eigenvalue weighted by Gasteiger charge is -2.12. The van der Waals surface area contributed by atoms with Gasteiger partial charge in [0.05, 0.1) is 36.5 Å². The molecule has 3 aromatic heterocycles. The van der Waals surface area contributed by atoms with Crippen molar-refractivity contribution in [3.8, 4) is 17.3 Å². The predicted molar refractivity (Wildman–Crippen MR) is 116 cm³/mol. The van der Waals surface area contributed by atoms with Crippen molar-refractivity contribution in [2.75, 3.05) is 14.2 Å². The number of aromatic nitrogens is 4. The Morgan fingerprint density at radius 1 is 1.00 bits per heavy atom. The molecule has 0 aliphatic heterocycles. The van der Waals surface area contributed by atoms with Crippen LogP contribution in [-0.2, 0) is 16.6 Å². The van der Waals surface area contributed by atoms with Crippen molar-refractivity contribution >= 4 is 22.0 Å². The lowest BCUT2D eigenvalue weighted by Crippen LogP contribution is -2.09. The van der Waals surface area contributed by atoms with E-state index in [-0.39, 0.29) is 5.75 Å². The Morgan fingerprint density at radius 3 is 2.47 bits per heavy atom. The van der Waals surface area contributed by atoms with E-state index in [1.807, 2.05) is 54.8 Å². The second-order valence-corrected chi connectivity index (χ2v) is 8.14. The molecule has 30 heavy (non-hydrogen) atoms. The van der Waals surface area contributed by atoms with Crippen molar-refractivity contribution < 1.29 is 13.7 Å². The summed E-state index contributed by atoms with van der Waals surface area (Å²) in [6.45, 7) is 3.87. The van der Waals surface area contributed by atoms with Crippen LogP contribution in [-0.4, -0.2) is 37.9 Å². The molecule has 0 spiro atoms. The predicted octanol–water partition coefficient (Wildman–Crippen LogP) is 3.76. The van der Waals surface area contributed by atoms with E-state index in [9.17, 15) is 4.21 Å². The van der Waals surface area contributed by atoms with Crippen molar-refractivity contribution in [3.63, 3.8) is 0 Å². The maximum absolute atomic E-state index is 13.5. The first-order valence-electron chi connectivity index (χ1n) is 9.39. The van der Waals surface area contributed by atoms with Gasteiger partial charge >= 0.3 is 0 Å². The molecular weight excluding hydrogens is 400 g/mol. The second kappa shape index (κ2) is 8.23. The number of methoxy groups -OCH3 is 2. The van der Waals surface area contributed by atoms with E-state index in [4.69, 9.17) is 9.47 Å². The Kier molecular flexibility index (Phi) is 5.50. The van der Waals surface area contributed by atoms with Crippen molar-refractivity contribution in [2.45, 2.75) is 24.8 Å². The minimum atomic E-state index is -1.46. The molecule has 0 aliphatic rings. The van der Waals surface area contributed by atoms with Crippen LogP contribution in [0.15, 0.2) is 53.8 Å². The van der Waals surface area contributed by atoms with Crippen LogP contribution in [0, 0.1) is 13.8 Å². The first kappa shape index (κ1) is 20.0. The van der Waals surface area contributed by atoms with Gasteiger partial charge in [0.15, 0.2) is 5.65 Å². The SMILES string of the molecule is COc1ccc2nc(S(=O)Cc3ncc(C)c(OC)c3C)n(-c3ccccc3)c2n1. The maximum Gasteiger partial charge on any atom is 0.215 e. The van der Waals surface area contributed by atoms with Crippen LogP contribution in [0.25, 0.3) is 16.9 Å². The van der Waals surface area contributed by atoms with Gasteiger partial charge in [0.1, 0.15) is 11.3 Å². The Hall–Kier alpha value is -3.26. The van der Waals surface area contributed by atoms with Gasteiger partial charge in [-0.15, -0.1) is 0 Å². The van der Waals surface area contributed by atoms with E-state index in [2.05, 4.69) is 15.0 Å². The maximum atomic E-state index is 13.5. The van der Waals surface area contributed by atoms with E-state index < -0.39 is 10.8 Å². The first-order valence-corrected chi connectivity index (χ1v) is 10.7. The molecule has 1 atom stereocenters. The third kappa shape index (κ3) is 3.54. The van der Waals surface area contributed by atoms with Crippen LogP contribution in [0.2, 0.25) is 0 Å². The third-order valence-corrected chi connectivity index (χ3v) is 6.11. The number of nitrogens with zero attached hydrogens (tertiary/aromatic N) is 4. The molecule has 0 amide bonds. The fraction of sp³-hybridized carbons (Fsp3) is 0.227.